The molecule has 2 aromatic carbocycles. The van der Waals surface area contributed by atoms with Crippen LogP contribution in [0.25, 0.3) is 0 Å². The first-order chi connectivity index (χ1) is 11.6. The van der Waals surface area contributed by atoms with Gasteiger partial charge in [-0.3, -0.25) is 4.79 Å². The standard InChI is InChI=1S/C17H15ClN4O2/c1-22-19-10-16(21-22)17(23)20-14-6-8-15(9-7-14)24-11-12-2-4-13(18)5-3-12/h2-10H,11H2,1H3,(H,20,23). The van der Waals surface area contributed by atoms with Gasteiger partial charge in [0.2, 0.25) is 0 Å². The zero-order valence-electron chi connectivity index (χ0n) is 12.9. The third-order valence-corrected chi connectivity index (χ3v) is 3.52. The van der Waals surface area contributed by atoms with Gasteiger partial charge in [0, 0.05) is 17.8 Å². The van der Waals surface area contributed by atoms with E-state index < -0.39 is 0 Å². The molecule has 24 heavy (non-hydrogen) atoms. The van der Waals surface area contributed by atoms with E-state index in [-0.39, 0.29) is 11.6 Å². The van der Waals surface area contributed by atoms with Gasteiger partial charge in [0.1, 0.15) is 12.4 Å². The maximum absolute atomic E-state index is 12.0. The third-order valence-electron chi connectivity index (χ3n) is 3.26. The van der Waals surface area contributed by atoms with Crippen molar-refractivity contribution in [3.8, 4) is 5.75 Å². The second kappa shape index (κ2) is 7.14. The number of aromatic nitrogens is 3. The van der Waals surface area contributed by atoms with Gasteiger partial charge >= 0.3 is 0 Å². The molecular formula is C17H15ClN4O2. The Labute approximate surface area is 144 Å². The molecule has 3 rings (SSSR count). The van der Waals surface area contributed by atoms with Crippen LogP contribution in [0.4, 0.5) is 5.69 Å². The predicted molar refractivity (Wildman–Crippen MR) is 91.2 cm³/mol. The molecule has 122 valence electrons. The fraction of sp³-hybridized carbons (Fsp3) is 0.118. The minimum Gasteiger partial charge on any atom is -0.489 e. The quantitative estimate of drug-likeness (QED) is 0.772. The van der Waals surface area contributed by atoms with Crippen molar-refractivity contribution < 1.29 is 9.53 Å². The van der Waals surface area contributed by atoms with Crippen LogP contribution in [0.5, 0.6) is 5.75 Å². The number of amides is 1. The number of aryl methyl sites for hydroxylation is 1. The Morgan fingerprint density at radius 3 is 2.50 bits per heavy atom. The monoisotopic (exact) mass is 342 g/mol. The molecule has 0 bridgehead atoms. The third kappa shape index (κ3) is 4.11. The molecule has 1 aromatic heterocycles. The highest BCUT2D eigenvalue weighted by molar-refractivity contribution is 6.30. The number of hydrogen-bond acceptors (Lipinski definition) is 4. The molecule has 1 heterocycles. The number of ether oxygens (including phenoxy) is 1. The van der Waals surface area contributed by atoms with Gasteiger partial charge in [0.25, 0.3) is 5.91 Å². The molecule has 0 aliphatic carbocycles. The molecule has 1 N–H and O–H groups in total. The van der Waals surface area contributed by atoms with E-state index in [1.807, 2.05) is 24.3 Å². The number of rotatable bonds is 5. The van der Waals surface area contributed by atoms with Crippen molar-refractivity contribution >= 4 is 23.2 Å². The zero-order chi connectivity index (χ0) is 16.9. The molecule has 0 aliphatic heterocycles. The van der Waals surface area contributed by atoms with E-state index in [4.69, 9.17) is 16.3 Å². The van der Waals surface area contributed by atoms with E-state index >= 15 is 0 Å². The van der Waals surface area contributed by atoms with Crippen molar-refractivity contribution in [3.05, 3.63) is 71.0 Å². The van der Waals surface area contributed by atoms with Crippen LogP contribution < -0.4 is 10.1 Å². The minimum absolute atomic E-state index is 0.264. The Morgan fingerprint density at radius 2 is 1.88 bits per heavy atom. The zero-order valence-corrected chi connectivity index (χ0v) is 13.7. The molecule has 1 amide bonds. The SMILES string of the molecule is Cn1ncc(C(=O)Nc2ccc(OCc3ccc(Cl)cc3)cc2)n1. The number of nitrogens with zero attached hydrogens (tertiary/aromatic N) is 3. The molecule has 0 saturated carbocycles. The first kappa shape index (κ1) is 16.0. The summed E-state index contributed by atoms with van der Waals surface area (Å²) in [5.74, 6) is 0.403. The molecule has 0 radical (unpaired) electrons. The predicted octanol–water partition coefficient (Wildman–Crippen LogP) is 3.30. The van der Waals surface area contributed by atoms with E-state index in [1.165, 1.54) is 11.0 Å². The van der Waals surface area contributed by atoms with Crippen LogP contribution in [0.15, 0.2) is 54.7 Å². The molecule has 0 aliphatic rings. The van der Waals surface area contributed by atoms with Crippen molar-refractivity contribution in [2.75, 3.05) is 5.32 Å². The molecule has 0 atom stereocenters. The lowest BCUT2D eigenvalue weighted by molar-refractivity contribution is 0.102. The summed E-state index contributed by atoms with van der Waals surface area (Å²) in [6.45, 7) is 0.447. The van der Waals surface area contributed by atoms with Gasteiger partial charge in [-0.05, 0) is 42.0 Å². The van der Waals surface area contributed by atoms with Gasteiger partial charge in [-0.1, -0.05) is 23.7 Å². The molecule has 7 heteroatoms. The van der Waals surface area contributed by atoms with Crippen LogP contribution >= 0.6 is 11.6 Å². The Bertz CT molecular complexity index is 829. The molecule has 6 nitrogen and oxygen atoms in total. The molecule has 0 unspecified atom stereocenters. The first-order valence-corrected chi connectivity index (χ1v) is 7.63. The van der Waals surface area contributed by atoms with Crippen molar-refractivity contribution in [1.82, 2.24) is 15.0 Å². The van der Waals surface area contributed by atoms with Gasteiger partial charge in [0.05, 0.1) is 6.20 Å². The summed E-state index contributed by atoms with van der Waals surface area (Å²) in [7, 11) is 1.66. The average molecular weight is 343 g/mol. The average Bonchev–Trinajstić information content (AvgIpc) is 3.02. The highest BCUT2D eigenvalue weighted by Crippen LogP contribution is 2.18. The minimum atomic E-state index is -0.307. The van der Waals surface area contributed by atoms with Crippen LogP contribution in [0.2, 0.25) is 5.02 Å². The summed E-state index contributed by atoms with van der Waals surface area (Å²) in [6.07, 6.45) is 1.42. The van der Waals surface area contributed by atoms with E-state index in [0.717, 1.165) is 5.56 Å². The molecule has 0 spiro atoms. The summed E-state index contributed by atoms with van der Waals surface area (Å²) in [5.41, 5.74) is 1.95. The Kier molecular flexibility index (Phi) is 4.77. The van der Waals surface area contributed by atoms with Crippen LogP contribution in [-0.2, 0) is 13.7 Å². The van der Waals surface area contributed by atoms with Gasteiger partial charge in [0.15, 0.2) is 5.69 Å². The Morgan fingerprint density at radius 1 is 1.17 bits per heavy atom. The van der Waals surface area contributed by atoms with E-state index in [2.05, 4.69) is 15.5 Å². The lowest BCUT2D eigenvalue weighted by atomic mass is 10.2. The summed E-state index contributed by atoms with van der Waals surface area (Å²) in [6, 6.07) is 14.6. The maximum Gasteiger partial charge on any atom is 0.277 e. The largest absolute Gasteiger partial charge is 0.489 e. The van der Waals surface area contributed by atoms with Gasteiger partial charge in [-0.2, -0.15) is 9.90 Å². The number of benzene rings is 2. The molecular weight excluding hydrogens is 328 g/mol. The van der Waals surface area contributed by atoms with Crippen LogP contribution in [-0.4, -0.2) is 20.9 Å². The number of carbonyl (C=O) groups excluding carboxylic acids is 1. The van der Waals surface area contributed by atoms with Crippen LogP contribution in [0, 0.1) is 0 Å². The maximum atomic E-state index is 12.0. The number of anilines is 1. The summed E-state index contributed by atoms with van der Waals surface area (Å²) < 4.78 is 5.70. The second-order valence-corrected chi connectivity index (χ2v) is 5.55. The topological polar surface area (TPSA) is 69.0 Å². The van der Waals surface area contributed by atoms with E-state index in [1.54, 1.807) is 31.3 Å². The Balaban J connectivity index is 1.57. The van der Waals surface area contributed by atoms with E-state index in [9.17, 15) is 4.79 Å². The fourth-order valence-corrected chi connectivity index (χ4v) is 2.15. The highest BCUT2D eigenvalue weighted by atomic mass is 35.5. The smallest absolute Gasteiger partial charge is 0.277 e. The van der Waals surface area contributed by atoms with Crippen molar-refractivity contribution in [1.29, 1.82) is 0 Å². The normalized spacial score (nSPS) is 10.4. The van der Waals surface area contributed by atoms with Gasteiger partial charge in [-0.25, -0.2) is 0 Å². The number of carbonyl (C=O) groups is 1. The lowest BCUT2D eigenvalue weighted by Crippen LogP contribution is -2.12. The fourth-order valence-electron chi connectivity index (χ4n) is 2.03. The van der Waals surface area contributed by atoms with Gasteiger partial charge in [-0.15, -0.1) is 5.10 Å². The lowest BCUT2D eigenvalue weighted by Gasteiger charge is -2.08. The number of hydrogen-bond donors (Lipinski definition) is 1. The first-order valence-electron chi connectivity index (χ1n) is 7.25. The molecule has 0 saturated heterocycles. The summed E-state index contributed by atoms with van der Waals surface area (Å²) in [5, 5.41) is 11.3. The van der Waals surface area contributed by atoms with Crippen molar-refractivity contribution in [2.45, 2.75) is 6.61 Å². The summed E-state index contributed by atoms with van der Waals surface area (Å²) in [4.78, 5) is 13.3. The van der Waals surface area contributed by atoms with Gasteiger partial charge < -0.3 is 10.1 Å². The second-order valence-electron chi connectivity index (χ2n) is 5.11. The van der Waals surface area contributed by atoms with E-state index in [0.29, 0.717) is 23.1 Å². The van der Waals surface area contributed by atoms with Crippen LogP contribution in [0.3, 0.4) is 0 Å². The van der Waals surface area contributed by atoms with Crippen LogP contribution in [0.1, 0.15) is 16.1 Å². The number of nitrogens with one attached hydrogen (secondary N) is 1. The molecule has 3 aromatic rings. The highest BCUT2D eigenvalue weighted by Gasteiger charge is 2.09. The number of halogens is 1. The Hall–Kier alpha value is -2.86. The summed E-state index contributed by atoms with van der Waals surface area (Å²) >= 11 is 5.85. The molecule has 0 fully saturated rings. The van der Waals surface area contributed by atoms with Crippen molar-refractivity contribution in [3.63, 3.8) is 0 Å². The van der Waals surface area contributed by atoms with Crippen molar-refractivity contribution in [2.24, 2.45) is 7.05 Å².